The Kier molecular flexibility index (Phi) is 3.50. The summed E-state index contributed by atoms with van der Waals surface area (Å²) in [5, 5.41) is 0. The maximum atomic E-state index is 12.3. The van der Waals surface area contributed by atoms with Gasteiger partial charge in [-0.1, -0.05) is 13.8 Å². The maximum absolute atomic E-state index is 12.3. The summed E-state index contributed by atoms with van der Waals surface area (Å²) < 4.78 is 1.86. The zero-order valence-corrected chi connectivity index (χ0v) is 11.1. The number of imidazole rings is 1. The summed E-state index contributed by atoms with van der Waals surface area (Å²) in [6.45, 7) is 4.67. The zero-order chi connectivity index (χ0) is 13.3. The van der Waals surface area contributed by atoms with Crippen LogP contribution in [0.5, 0.6) is 0 Å². The Bertz CT molecular complexity index is 479. The Morgan fingerprint density at radius 2 is 2.17 bits per heavy atom. The zero-order valence-electron chi connectivity index (χ0n) is 11.1. The van der Waals surface area contributed by atoms with Crippen molar-refractivity contribution in [3.05, 3.63) is 17.7 Å². The lowest BCUT2D eigenvalue weighted by molar-refractivity contribution is -0.131. The van der Waals surface area contributed by atoms with E-state index in [1.165, 1.54) is 4.90 Å². The van der Waals surface area contributed by atoms with Gasteiger partial charge in [0.1, 0.15) is 5.69 Å². The molecule has 1 aromatic heterocycles. The number of carbonyl (C=O) groups is 2. The molecule has 1 aliphatic rings. The van der Waals surface area contributed by atoms with E-state index in [0.29, 0.717) is 12.1 Å². The monoisotopic (exact) mass is 249 g/mol. The SMILES string of the molecule is CCCn1cnc2c1C(=O)N(C)C(=O)C(C)CC2. The summed E-state index contributed by atoms with van der Waals surface area (Å²) >= 11 is 0. The van der Waals surface area contributed by atoms with E-state index in [4.69, 9.17) is 0 Å². The lowest BCUT2D eigenvalue weighted by atomic mass is 9.99. The van der Waals surface area contributed by atoms with Gasteiger partial charge < -0.3 is 4.57 Å². The number of aromatic nitrogens is 2. The summed E-state index contributed by atoms with van der Waals surface area (Å²) in [5.74, 6) is -0.453. The van der Waals surface area contributed by atoms with Gasteiger partial charge in [-0.15, -0.1) is 0 Å². The Labute approximate surface area is 107 Å². The predicted octanol–water partition coefficient (Wildman–Crippen LogP) is 1.47. The molecular weight excluding hydrogens is 230 g/mol. The van der Waals surface area contributed by atoms with E-state index < -0.39 is 0 Å². The second-order valence-corrected chi connectivity index (χ2v) is 4.88. The molecule has 0 N–H and O–H groups in total. The molecule has 2 amide bonds. The highest BCUT2D eigenvalue weighted by Gasteiger charge is 2.30. The molecule has 1 atom stereocenters. The minimum absolute atomic E-state index is 0.102. The van der Waals surface area contributed by atoms with Crippen LogP contribution < -0.4 is 0 Å². The van der Waals surface area contributed by atoms with Gasteiger partial charge in [-0.2, -0.15) is 0 Å². The van der Waals surface area contributed by atoms with Gasteiger partial charge in [-0.3, -0.25) is 14.5 Å². The van der Waals surface area contributed by atoms with Crippen LogP contribution in [0.1, 0.15) is 42.9 Å². The van der Waals surface area contributed by atoms with Crippen molar-refractivity contribution in [3.8, 4) is 0 Å². The van der Waals surface area contributed by atoms with E-state index >= 15 is 0 Å². The molecule has 0 spiro atoms. The van der Waals surface area contributed by atoms with E-state index in [1.54, 1.807) is 13.4 Å². The molecule has 0 saturated heterocycles. The summed E-state index contributed by atoms with van der Waals surface area (Å²) in [6.07, 6.45) is 4.08. The van der Waals surface area contributed by atoms with Gasteiger partial charge in [0.2, 0.25) is 5.91 Å². The van der Waals surface area contributed by atoms with Crippen molar-refractivity contribution in [2.75, 3.05) is 7.05 Å². The molecule has 1 aromatic rings. The Morgan fingerprint density at radius 1 is 1.44 bits per heavy atom. The molecular formula is C13H19N3O2. The average molecular weight is 249 g/mol. The molecule has 0 fully saturated rings. The fraction of sp³-hybridized carbons (Fsp3) is 0.615. The van der Waals surface area contributed by atoms with E-state index in [-0.39, 0.29) is 17.7 Å². The van der Waals surface area contributed by atoms with Crippen molar-refractivity contribution >= 4 is 11.8 Å². The molecule has 1 unspecified atom stereocenters. The number of carbonyl (C=O) groups excluding carboxylic acids is 2. The van der Waals surface area contributed by atoms with Crippen molar-refractivity contribution in [1.82, 2.24) is 14.5 Å². The summed E-state index contributed by atoms with van der Waals surface area (Å²) in [7, 11) is 1.56. The lowest BCUT2D eigenvalue weighted by Crippen LogP contribution is -2.39. The number of nitrogens with zero attached hydrogens (tertiary/aromatic N) is 3. The van der Waals surface area contributed by atoms with Gasteiger partial charge in [0.05, 0.1) is 12.0 Å². The van der Waals surface area contributed by atoms with E-state index in [2.05, 4.69) is 11.9 Å². The Balaban J connectivity index is 2.44. The molecule has 18 heavy (non-hydrogen) atoms. The topological polar surface area (TPSA) is 55.2 Å². The fourth-order valence-electron chi connectivity index (χ4n) is 2.33. The molecule has 0 saturated carbocycles. The van der Waals surface area contributed by atoms with Gasteiger partial charge in [0.25, 0.3) is 5.91 Å². The molecule has 98 valence electrons. The molecule has 1 aliphatic heterocycles. The minimum atomic E-state index is -0.229. The third-order valence-corrected chi connectivity index (χ3v) is 3.45. The molecule has 2 rings (SSSR count). The van der Waals surface area contributed by atoms with Crippen molar-refractivity contribution in [2.45, 2.75) is 39.7 Å². The highest BCUT2D eigenvalue weighted by Crippen LogP contribution is 2.20. The minimum Gasteiger partial charge on any atom is -0.326 e. The lowest BCUT2D eigenvalue weighted by Gasteiger charge is -2.23. The molecule has 5 heteroatoms. The summed E-state index contributed by atoms with van der Waals surface area (Å²) in [6, 6.07) is 0. The average Bonchev–Trinajstić information content (AvgIpc) is 2.75. The van der Waals surface area contributed by atoms with Crippen molar-refractivity contribution in [1.29, 1.82) is 0 Å². The van der Waals surface area contributed by atoms with Crippen LogP contribution in [0, 0.1) is 5.92 Å². The number of aryl methyl sites for hydroxylation is 2. The first-order chi connectivity index (χ1) is 8.56. The first-order valence-electron chi connectivity index (χ1n) is 6.42. The standard InChI is InChI=1S/C13H19N3O2/c1-4-7-16-8-14-10-6-5-9(2)12(17)15(3)13(18)11(10)16/h8-9H,4-7H2,1-3H3. The first kappa shape index (κ1) is 12.8. The van der Waals surface area contributed by atoms with Crippen LogP contribution >= 0.6 is 0 Å². The van der Waals surface area contributed by atoms with Crippen LogP contribution in [0.15, 0.2) is 6.33 Å². The third kappa shape index (κ3) is 2.05. The smallest absolute Gasteiger partial charge is 0.278 e. The molecule has 0 radical (unpaired) electrons. The van der Waals surface area contributed by atoms with Gasteiger partial charge in [-0.25, -0.2) is 4.98 Å². The number of hydrogen-bond acceptors (Lipinski definition) is 3. The molecule has 2 heterocycles. The number of hydrogen-bond donors (Lipinski definition) is 0. The van der Waals surface area contributed by atoms with Gasteiger partial charge in [0.15, 0.2) is 0 Å². The van der Waals surface area contributed by atoms with E-state index in [0.717, 1.165) is 25.1 Å². The summed E-state index contributed by atoms with van der Waals surface area (Å²) in [4.78, 5) is 29.9. The van der Waals surface area contributed by atoms with Gasteiger partial charge >= 0.3 is 0 Å². The number of fused-ring (bicyclic) bond motifs is 1. The number of imide groups is 1. The van der Waals surface area contributed by atoms with Crippen LogP contribution in [0.2, 0.25) is 0 Å². The van der Waals surface area contributed by atoms with Crippen LogP contribution in [0.3, 0.4) is 0 Å². The molecule has 0 aliphatic carbocycles. The predicted molar refractivity (Wildman–Crippen MR) is 67.1 cm³/mol. The second kappa shape index (κ2) is 4.92. The molecule has 0 aromatic carbocycles. The maximum Gasteiger partial charge on any atom is 0.278 e. The van der Waals surface area contributed by atoms with Crippen molar-refractivity contribution < 1.29 is 9.59 Å². The largest absolute Gasteiger partial charge is 0.326 e. The van der Waals surface area contributed by atoms with Crippen molar-refractivity contribution in [3.63, 3.8) is 0 Å². The van der Waals surface area contributed by atoms with Crippen LogP contribution in [-0.2, 0) is 17.8 Å². The number of rotatable bonds is 2. The van der Waals surface area contributed by atoms with Crippen LogP contribution in [0.4, 0.5) is 0 Å². The highest BCUT2D eigenvalue weighted by molar-refractivity contribution is 6.05. The first-order valence-corrected chi connectivity index (χ1v) is 6.42. The van der Waals surface area contributed by atoms with Crippen LogP contribution in [0.25, 0.3) is 0 Å². The molecule has 0 bridgehead atoms. The Morgan fingerprint density at radius 3 is 2.83 bits per heavy atom. The van der Waals surface area contributed by atoms with E-state index in [9.17, 15) is 9.59 Å². The van der Waals surface area contributed by atoms with E-state index in [1.807, 2.05) is 11.5 Å². The quantitative estimate of drug-likeness (QED) is 0.746. The normalized spacial score (nSPS) is 20.6. The van der Waals surface area contributed by atoms with Gasteiger partial charge in [-0.05, 0) is 19.3 Å². The third-order valence-electron chi connectivity index (χ3n) is 3.45. The Hall–Kier alpha value is -1.65. The van der Waals surface area contributed by atoms with Gasteiger partial charge in [0, 0.05) is 19.5 Å². The van der Waals surface area contributed by atoms with Crippen molar-refractivity contribution in [2.24, 2.45) is 5.92 Å². The number of amides is 2. The second-order valence-electron chi connectivity index (χ2n) is 4.88. The van der Waals surface area contributed by atoms with Crippen LogP contribution in [-0.4, -0.2) is 33.3 Å². The highest BCUT2D eigenvalue weighted by atomic mass is 16.2. The molecule has 5 nitrogen and oxygen atoms in total. The fourth-order valence-corrected chi connectivity index (χ4v) is 2.33. The summed E-state index contributed by atoms with van der Waals surface area (Å²) in [5.41, 5.74) is 1.40.